The number of hydrazone groups is 1. The molecule has 0 radical (unpaired) electrons. The molecule has 3 rings (SSSR count). The number of nitrogens with one attached hydrogen (secondary N) is 2. The molecule has 0 fully saturated rings. The summed E-state index contributed by atoms with van der Waals surface area (Å²) >= 11 is 1.53. The van der Waals surface area contributed by atoms with Crippen molar-refractivity contribution in [1.82, 2.24) is 10.7 Å². The number of benzene rings is 1. The summed E-state index contributed by atoms with van der Waals surface area (Å²) in [4.78, 5) is 24.9. The molecule has 1 aliphatic rings. The van der Waals surface area contributed by atoms with E-state index in [1.165, 1.54) is 11.3 Å². The average molecular weight is 359 g/mol. The van der Waals surface area contributed by atoms with Crippen LogP contribution in [0.5, 0.6) is 11.5 Å². The summed E-state index contributed by atoms with van der Waals surface area (Å²) in [7, 11) is 0. The van der Waals surface area contributed by atoms with Crippen LogP contribution in [0.1, 0.15) is 11.8 Å². The first kappa shape index (κ1) is 17.0. The van der Waals surface area contributed by atoms with Gasteiger partial charge in [-0.2, -0.15) is 5.10 Å². The van der Waals surface area contributed by atoms with E-state index in [1.807, 2.05) is 23.6 Å². The van der Waals surface area contributed by atoms with Gasteiger partial charge in [0.1, 0.15) is 6.61 Å². The van der Waals surface area contributed by atoms with Crippen molar-refractivity contribution in [3.8, 4) is 11.5 Å². The quantitative estimate of drug-likeness (QED) is 0.626. The Balaban J connectivity index is 1.46. The van der Waals surface area contributed by atoms with E-state index < -0.39 is 17.9 Å². The lowest BCUT2D eigenvalue weighted by Crippen LogP contribution is -2.46. The van der Waals surface area contributed by atoms with Gasteiger partial charge < -0.3 is 14.8 Å². The van der Waals surface area contributed by atoms with Crippen molar-refractivity contribution in [2.75, 3.05) is 13.2 Å². The fourth-order valence-electron chi connectivity index (χ4n) is 2.16. The minimum atomic E-state index is -0.793. The van der Waals surface area contributed by atoms with Crippen LogP contribution in [0.2, 0.25) is 0 Å². The van der Waals surface area contributed by atoms with Crippen LogP contribution in [0.25, 0.3) is 0 Å². The van der Waals surface area contributed by atoms with Crippen LogP contribution >= 0.6 is 11.3 Å². The van der Waals surface area contributed by atoms with Crippen LogP contribution in [0.3, 0.4) is 0 Å². The predicted octanol–water partition coefficient (Wildman–Crippen LogP) is 1.54. The number of carbonyl (C=O) groups excluding carboxylic acids is 2. The largest absolute Gasteiger partial charge is 0.485 e. The molecule has 1 aromatic heterocycles. The topological polar surface area (TPSA) is 89.0 Å². The molecule has 2 amide bonds. The van der Waals surface area contributed by atoms with Gasteiger partial charge in [-0.25, -0.2) is 5.43 Å². The number of hydrogen-bond acceptors (Lipinski definition) is 6. The van der Waals surface area contributed by atoms with Crippen molar-refractivity contribution in [2.24, 2.45) is 5.10 Å². The number of para-hydroxylation sites is 2. The van der Waals surface area contributed by atoms with Crippen LogP contribution in [0.15, 0.2) is 46.9 Å². The molecule has 130 valence electrons. The Bertz CT molecular complexity index is 789. The summed E-state index contributed by atoms with van der Waals surface area (Å²) in [5, 5.41) is 8.46. The van der Waals surface area contributed by atoms with Crippen LogP contribution in [-0.4, -0.2) is 36.8 Å². The third-order valence-electron chi connectivity index (χ3n) is 3.45. The van der Waals surface area contributed by atoms with Gasteiger partial charge in [0, 0.05) is 4.88 Å². The Morgan fingerprint density at radius 1 is 1.24 bits per heavy atom. The minimum Gasteiger partial charge on any atom is -0.485 e. The molecule has 2 heterocycles. The molecule has 0 saturated carbocycles. The first-order valence-corrected chi connectivity index (χ1v) is 8.54. The van der Waals surface area contributed by atoms with Crippen LogP contribution in [0, 0.1) is 0 Å². The number of carbonyl (C=O) groups is 2. The zero-order valence-corrected chi connectivity index (χ0v) is 14.3. The summed E-state index contributed by atoms with van der Waals surface area (Å²) in [6.07, 6.45) is -0.793. The fraction of sp³-hybridized carbons (Fsp3) is 0.235. The van der Waals surface area contributed by atoms with Gasteiger partial charge in [-0.1, -0.05) is 18.2 Å². The van der Waals surface area contributed by atoms with E-state index in [1.54, 1.807) is 25.1 Å². The summed E-state index contributed by atoms with van der Waals surface area (Å²) < 4.78 is 11.1. The maximum absolute atomic E-state index is 12.1. The second-order valence-electron chi connectivity index (χ2n) is 5.29. The van der Waals surface area contributed by atoms with Gasteiger partial charge in [0.05, 0.1) is 12.3 Å². The maximum Gasteiger partial charge on any atom is 0.265 e. The maximum atomic E-state index is 12.1. The van der Waals surface area contributed by atoms with E-state index in [0.717, 1.165) is 4.88 Å². The molecule has 0 unspecified atom stereocenters. The molecule has 2 aromatic rings. The second kappa shape index (κ2) is 7.80. The SMILES string of the molecule is C/C(=N/NC(=O)CNC(=O)[C@@H]1COc2ccccc2O1)c1cccs1. The molecule has 0 aliphatic carbocycles. The highest BCUT2D eigenvalue weighted by Crippen LogP contribution is 2.30. The van der Waals surface area contributed by atoms with E-state index in [0.29, 0.717) is 17.2 Å². The zero-order chi connectivity index (χ0) is 17.6. The number of fused-ring (bicyclic) bond motifs is 1. The van der Waals surface area contributed by atoms with E-state index in [-0.39, 0.29) is 13.2 Å². The molecular formula is C17H17N3O4S. The number of nitrogens with zero attached hydrogens (tertiary/aromatic N) is 1. The van der Waals surface area contributed by atoms with Crippen molar-refractivity contribution in [2.45, 2.75) is 13.0 Å². The Kier molecular flexibility index (Phi) is 5.30. The van der Waals surface area contributed by atoms with Crippen LogP contribution < -0.4 is 20.2 Å². The van der Waals surface area contributed by atoms with Crippen molar-refractivity contribution in [3.63, 3.8) is 0 Å². The highest BCUT2D eigenvalue weighted by molar-refractivity contribution is 7.12. The zero-order valence-electron chi connectivity index (χ0n) is 13.5. The second-order valence-corrected chi connectivity index (χ2v) is 6.24. The number of amides is 2. The van der Waals surface area contributed by atoms with Gasteiger partial charge in [0.15, 0.2) is 11.5 Å². The minimum absolute atomic E-state index is 0.0973. The van der Waals surface area contributed by atoms with E-state index in [4.69, 9.17) is 9.47 Å². The van der Waals surface area contributed by atoms with Crippen molar-refractivity contribution in [3.05, 3.63) is 46.7 Å². The summed E-state index contributed by atoms with van der Waals surface area (Å²) in [6, 6.07) is 10.9. The van der Waals surface area contributed by atoms with E-state index in [2.05, 4.69) is 15.8 Å². The van der Waals surface area contributed by atoms with Crippen molar-refractivity contribution >= 4 is 28.9 Å². The Morgan fingerprint density at radius 2 is 2.04 bits per heavy atom. The Labute approximate surface area is 148 Å². The lowest BCUT2D eigenvalue weighted by molar-refractivity contribution is -0.132. The van der Waals surface area contributed by atoms with Gasteiger partial charge in [-0.3, -0.25) is 9.59 Å². The van der Waals surface area contributed by atoms with Gasteiger partial charge >= 0.3 is 0 Å². The highest BCUT2D eigenvalue weighted by atomic mass is 32.1. The Hall–Kier alpha value is -2.87. The Morgan fingerprint density at radius 3 is 2.80 bits per heavy atom. The molecule has 0 bridgehead atoms. The van der Waals surface area contributed by atoms with E-state index in [9.17, 15) is 9.59 Å². The summed E-state index contributed by atoms with van der Waals surface area (Å²) in [5.74, 6) is 0.280. The molecule has 25 heavy (non-hydrogen) atoms. The lowest BCUT2D eigenvalue weighted by atomic mass is 10.2. The van der Waals surface area contributed by atoms with Gasteiger partial charge in [-0.15, -0.1) is 11.3 Å². The molecular weight excluding hydrogens is 342 g/mol. The van der Waals surface area contributed by atoms with Crippen LogP contribution in [-0.2, 0) is 9.59 Å². The van der Waals surface area contributed by atoms with Gasteiger partial charge in [0.25, 0.3) is 11.8 Å². The standard InChI is InChI=1S/C17H17N3O4S/c1-11(15-7-4-8-25-15)19-20-16(21)9-18-17(22)14-10-23-12-5-2-3-6-13(12)24-14/h2-8,14H,9-10H2,1H3,(H,18,22)(H,20,21)/b19-11-/t14-/m0/s1. The normalized spacial score (nSPS) is 16.2. The van der Waals surface area contributed by atoms with Gasteiger partial charge in [-0.05, 0) is 30.5 Å². The third kappa shape index (κ3) is 4.36. The van der Waals surface area contributed by atoms with Crippen LogP contribution in [0.4, 0.5) is 0 Å². The molecule has 1 aliphatic heterocycles. The molecule has 0 spiro atoms. The molecule has 0 saturated heterocycles. The number of ether oxygens (including phenoxy) is 2. The van der Waals surface area contributed by atoms with Crippen molar-refractivity contribution < 1.29 is 19.1 Å². The number of hydrogen-bond donors (Lipinski definition) is 2. The lowest BCUT2D eigenvalue weighted by Gasteiger charge is -2.25. The van der Waals surface area contributed by atoms with Crippen molar-refractivity contribution in [1.29, 1.82) is 0 Å². The molecule has 7 nitrogen and oxygen atoms in total. The predicted molar refractivity (Wildman–Crippen MR) is 94.0 cm³/mol. The molecule has 1 aromatic carbocycles. The first-order valence-electron chi connectivity index (χ1n) is 7.66. The van der Waals surface area contributed by atoms with Gasteiger partial charge in [0.2, 0.25) is 6.10 Å². The fourth-order valence-corrected chi connectivity index (χ4v) is 2.83. The summed E-state index contributed by atoms with van der Waals surface area (Å²) in [5.41, 5.74) is 3.12. The molecule has 2 N–H and O–H groups in total. The highest BCUT2D eigenvalue weighted by Gasteiger charge is 2.27. The third-order valence-corrected chi connectivity index (χ3v) is 4.43. The summed E-state index contributed by atoms with van der Waals surface area (Å²) in [6.45, 7) is 1.71. The molecule has 8 heteroatoms. The first-order chi connectivity index (χ1) is 12.1. The van der Waals surface area contributed by atoms with E-state index >= 15 is 0 Å². The monoisotopic (exact) mass is 359 g/mol. The number of rotatable bonds is 5. The smallest absolute Gasteiger partial charge is 0.265 e. The number of thiophene rings is 1. The average Bonchev–Trinajstić information content (AvgIpc) is 3.18. The molecule has 1 atom stereocenters.